The van der Waals surface area contributed by atoms with Crippen molar-refractivity contribution in [2.75, 3.05) is 0 Å². The Kier molecular flexibility index (Phi) is 33.4. The second-order valence-electron chi connectivity index (χ2n) is 7.67. The van der Waals surface area contributed by atoms with Gasteiger partial charge in [0.2, 0.25) is 0 Å². The summed E-state index contributed by atoms with van der Waals surface area (Å²) in [6.45, 7) is 6.20. The molecule has 0 heterocycles. The van der Waals surface area contributed by atoms with Crippen LogP contribution in [0.15, 0.2) is 0 Å². The van der Waals surface area contributed by atoms with Crippen LogP contribution in [-0.2, 0) is 10.4 Å². The van der Waals surface area contributed by atoms with Gasteiger partial charge in [-0.1, -0.05) is 129 Å². The van der Waals surface area contributed by atoms with Crippen molar-refractivity contribution >= 4 is 10.4 Å². The van der Waals surface area contributed by atoms with Gasteiger partial charge in [0, 0.05) is 0 Å². The van der Waals surface area contributed by atoms with Crippen LogP contribution in [0.4, 0.5) is 0 Å². The van der Waals surface area contributed by atoms with E-state index in [9.17, 15) is 0 Å². The Balaban J connectivity index is -0.000000918. The average molecular weight is 431 g/mol. The minimum atomic E-state index is -4.67. The summed E-state index contributed by atoms with van der Waals surface area (Å²) in [5.41, 5.74) is 0. The second kappa shape index (κ2) is 27.9. The molecule has 0 aromatic rings. The van der Waals surface area contributed by atoms with Crippen LogP contribution < -0.4 is 29.6 Å². The summed E-state index contributed by atoms with van der Waals surface area (Å²) in [6.07, 6.45) is 28.8. The zero-order valence-electron chi connectivity index (χ0n) is 19.0. The maximum Gasteiger partial charge on any atom is 1.00 e. The Hall–Kier alpha value is 0.870. The Morgan fingerprint density at radius 2 is 0.714 bits per heavy atom. The predicted molar refractivity (Wildman–Crippen MR) is 118 cm³/mol. The van der Waals surface area contributed by atoms with Gasteiger partial charge in [0.1, 0.15) is 0 Å². The first-order valence-electron chi connectivity index (χ1n) is 11.4. The van der Waals surface area contributed by atoms with Gasteiger partial charge >= 0.3 is 40.0 Å². The van der Waals surface area contributed by atoms with E-state index in [2.05, 4.69) is 13.8 Å². The molecule has 6 heteroatoms. The van der Waals surface area contributed by atoms with Gasteiger partial charge in [0.05, 0.1) is 0 Å². The van der Waals surface area contributed by atoms with Crippen molar-refractivity contribution in [3.8, 4) is 0 Å². The van der Waals surface area contributed by atoms with Crippen molar-refractivity contribution < 1.29 is 47.1 Å². The monoisotopic (exact) mass is 430 g/mol. The third-order valence-electron chi connectivity index (χ3n) is 4.85. The summed E-state index contributed by atoms with van der Waals surface area (Å²) < 4.78 is 31.6. The molecule has 0 amide bonds. The Labute approximate surface area is 198 Å². The molecule has 0 unspecified atom stereocenters. The van der Waals surface area contributed by atoms with Gasteiger partial charge in [-0.3, -0.25) is 9.11 Å². The van der Waals surface area contributed by atoms with Crippen LogP contribution in [0.25, 0.3) is 0 Å². The summed E-state index contributed by atoms with van der Waals surface area (Å²) in [6, 6.07) is 0. The van der Waals surface area contributed by atoms with Crippen LogP contribution in [0.3, 0.4) is 0 Å². The molecule has 0 spiro atoms. The van der Waals surface area contributed by atoms with E-state index in [-0.39, 0.29) is 29.6 Å². The molecule has 0 aliphatic rings. The molecule has 0 saturated heterocycles. The largest absolute Gasteiger partial charge is 1.00 e. The predicted octanol–water partition coefficient (Wildman–Crippen LogP) is 4.99. The van der Waals surface area contributed by atoms with Gasteiger partial charge < -0.3 is 6.92 Å². The number of hydrogen-bond donors (Lipinski definition) is 2. The average Bonchev–Trinajstić information content (AvgIpc) is 2.59. The summed E-state index contributed by atoms with van der Waals surface area (Å²) in [5, 5.41) is 0. The topological polar surface area (TPSA) is 74.6 Å². The molecular weight excluding hydrogens is 383 g/mol. The van der Waals surface area contributed by atoms with Gasteiger partial charge in [-0.2, -0.15) is 14.8 Å². The van der Waals surface area contributed by atoms with Gasteiger partial charge in [-0.15, -0.1) is 0 Å². The second-order valence-corrected chi connectivity index (χ2v) is 8.56. The minimum Gasteiger partial charge on any atom is -0.343 e. The number of hydrogen-bond acceptors (Lipinski definition) is 2. The molecule has 0 saturated carbocycles. The summed E-state index contributed by atoms with van der Waals surface area (Å²) in [4.78, 5) is 0. The van der Waals surface area contributed by atoms with Crippen molar-refractivity contribution in [2.24, 2.45) is 0 Å². The molecule has 0 radical (unpaired) electrons. The van der Waals surface area contributed by atoms with E-state index in [1.165, 1.54) is 122 Å². The van der Waals surface area contributed by atoms with Gasteiger partial charge in [-0.25, -0.2) is 0 Å². The van der Waals surface area contributed by atoms with E-state index in [0.717, 1.165) is 6.42 Å². The molecule has 0 aliphatic carbocycles. The van der Waals surface area contributed by atoms with Crippen LogP contribution in [0, 0.1) is 6.92 Å². The molecule has 28 heavy (non-hydrogen) atoms. The molecular formula is C22H47NaO4S. The smallest absolute Gasteiger partial charge is 0.343 e. The summed E-state index contributed by atoms with van der Waals surface area (Å²) in [5.74, 6) is 0. The Morgan fingerprint density at radius 1 is 0.536 bits per heavy atom. The fourth-order valence-corrected chi connectivity index (χ4v) is 3.26. The normalized spacial score (nSPS) is 10.9. The third kappa shape index (κ3) is 45.5. The first-order valence-corrected chi connectivity index (χ1v) is 12.8. The van der Waals surface area contributed by atoms with E-state index in [0.29, 0.717) is 0 Å². The van der Waals surface area contributed by atoms with Crippen molar-refractivity contribution in [3.05, 3.63) is 6.92 Å². The zero-order valence-corrected chi connectivity index (χ0v) is 21.8. The van der Waals surface area contributed by atoms with E-state index in [4.69, 9.17) is 17.5 Å². The van der Waals surface area contributed by atoms with Crippen molar-refractivity contribution in [3.63, 3.8) is 0 Å². The standard InChI is InChI=1S/C22H45.Na.H2O4S/c1-3-5-7-9-11-13-15-17-19-21-22-20-18-16-14-12-10-8-6-4-2;;1-5(2,3)4/h1,3-22H2,2H3;;(H2,1,2,3,4)/q-1;+1;. The molecule has 0 fully saturated rings. The van der Waals surface area contributed by atoms with Gasteiger partial charge in [0.15, 0.2) is 0 Å². The van der Waals surface area contributed by atoms with E-state index in [1.807, 2.05) is 0 Å². The maximum absolute atomic E-state index is 8.74. The fourth-order valence-electron chi connectivity index (χ4n) is 3.26. The zero-order chi connectivity index (χ0) is 20.6. The first-order chi connectivity index (χ1) is 12.9. The van der Waals surface area contributed by atoms with E-state index in [1.54, 1.807) is 0 Å². The maximum atomic E-state index is 8.74. The summed E-state index contributed by atoms with van der Waals surface area (Å²) >= 11 is 0. The summed E-state index contributed by atoms with van der Waals surface area (Å²) in [7, 11) is -4.67. The van der Waals surface area contributed by atoms with Crippen molar-refractivity contribution in [1.82, 2.24) is 0 Å². The van der Waals surface area contributed by atoms with E-state index < -0.39 is 10.4 Å². The van der Waals surface area contributed by atoms with Crippen molar-refractivity contribution in [2.45, 2.75) is 135 Å². The van der Waals surface area contributed by atoms with Crippen LogP contribution in [0.5, 0.6) is 0 Å². The molecule has 0 atom stereocenters. The van der Waals surface area contributed by atoms with Crippen LogP contribution in [0.2, 0.25) is 0 Å². The SMILES string of the molecule is O=S(=O)(O)O.[CH2-]CCCCCCCCCCCCCCCCCCCCC.[Na+]. The van der Waals surface area contributed by atoms with Crippen molar-refractivity contribution in [1.29, 1.82) is 0 Å². The first kappa shape index (κ1) is 33.5. The molecule has 4 nitrogen and oxygen atoms in total. The Morgan fingerprint density at radius 3 is 0.893 bits per heavy atom. The molecule has 166 valence electrons. The minimum absolute atomic E-state index is 0. The van der Waals surface area contributed by atoms with Crippen LogP contribution >= 0.6 is 0 Å². The molecule has 0 aromatic carbocycles. The molecule has 0 aromatic heterocycles. The molecule has 0 rings (SSSR count). The van der Waals surface area contributed by atoms with E-state index >= 15 is 0 Å². The number of unbranched alkanes of at least 4 members (excludes halogenated alkanes) is 19. The van der Waals surface area contributed by atoms with Crippen LogP contribution in [0.1, 0.15) is 135 Å². The van der Waals surface area contributed by atoms with Gasteiger partial charge in [-0.05, 0) is 0 Å². The van der Waals surface area contributed by atoms with Gasteiger partial charge in [0.25, 0.3) is 0 Å². The number of rotatable bonds is 19. The molecule has 0 aliphatic heterocycles. The molecule has 2 N–H and O–H groups in total. The Bertz CT molecular complexity index is 334. The third-order valence-corrected chi connectivity index (χ3v) is 4.85. The quantitative estimate of drug-likeness (QED) is 0.131. The fraction of sp³-hybridized carbons (Fsp3) is 0.955. The van der Waals surface area contributed by atoms with Crippen LogP contribution in [-0.4, -0.2) is 17.5 Å². The molecule has 0 bridgehead atoms.